The monoisotopic (exact) mass is 315 g/mol. The van der Waals surface area contributed by atoms with Gasteiger partial charge in [-0.25, -0.2) is 0 Å². The normalized spacial score (nSPS) is 13.7. The number of fused-ring (bicyclic) bond motifs is 1. The fourth-order valence-electron chi connectivity index (χ4n) is 2.54. The average Bonchev–Trinajstić information content (AvgIpc) is 2.55. The van der Waals surface area contributed by atoms with Crippen LogP contribution in [0.3, 0.4) is 0 Å². The van der Waals surface area contributed by atoms with E-state index in [2.05, 4.69) is 0 Å². The van der Waals surface area contributed by atoms with Gasteiger partial charge in [-0.2, -0.15) is 0 Å². The molecule has 112 valence electrons. The number of anilines is 1. The van der Waals surface area contributed by atoms with Crippen LogP contribution in [0.4, 0.5) is 5.69 Å². The number of methoxy groups -OCH3 is 1. The van der Waals surface area contributed by atoms with Crippen molar-refractivity contribution in [3.8, 4) is 5.75 Å². The molecule has 0 aliphatic carbocycles. The van der Waals surface area contributed by atoms with E-state index in [0.29, 0.717) is 40.6 Å². The van der Waals surface area contributed by atoms with E-state index in [9.17, 15) is 9.59 Å². The molecule has 4 nitrogen and oxygen atoms in total. The van der Waals surface area contributed by atoms with Gasteiger partial charge in [0.25, 0.3) is 5.91 Å². The lowest BCUT2D eigenvalue weighted by Crippen LogP contribution is -2.37. The van der Waals surface area contributed by atoms with Crippen molar-refractivity contribution in [1.29, 1.82) is 0 Å². The molecule has 1 aliphatic heterocycles. The van der Waals surface area contributed by atoms with Crippen LogP contribution >= 0.6 is 11.6 Å². The lowest BCUT2D eigenvalue weighted by molar-refractivity contribution is 0.0955. The maximum Gasteiger partial charge on any atom is 0.258 e. The van der Waals surface area contributed by atoms with Crippen LogP contribution in [0.1, 0.15) is 27.1 Å². The maximum atomic E-state index is 12.7. The Hall–Kier alpha value is -2.33. The van der Waals surface area contributed by atoms with Crippen LogP contribution in [-0.4, -0.2) is 25.3 Å². The molecule has 0 aromatic heterocycles. The first-order valence-corrected chi connectivity index (χ1v) is 7.26. The standard InChI is InChI=1S/C17H14ClNO3/c1-22-13-5-2-11(3-6-13)17(21)19-9-8-16(20)14-10-12(18)4-7-15(14)19/h2-7,10H,8-9H2,1H3. The third kappa shape index (κ3) is 2.57. The molecule has 0 saturated heterocycles. The minimum Gasteiger partial charge on any atom is -0.497 e. The van der Waals surface area contributed by atoms with Crippen LogP contribution < -0.4 is 9.64 Å². The van der Waals surface area contributed by atoms with Gasteiger partial charge in [-0.3, -0.25) is 9.59 Å². The number of amides is 1. The summed E-state index contributed by atoms with van der Waals surface area (Å²) in [4.78, 5) is 26.3. The number of benzene rings is 2. The molecule has 0 N–H and O–H groups in total. The number of rotatable bonds is 2. The minimum absolute atomic E-state index is 0.0104. The van der Waals surface area contributed by atoms with Crippen molar-refractivity contribution in [2.24, 2.45) is 0 Å². The summed E-state index contributed by atoms with van der Waals surface area (Å²) in [6, 6.07) is 11.9. The summed E-state index contributed by atoms with van der Waals surface area (Å²) < 4.78 is 5.09. The predicted octanol–water partition coefficient (Wildman–Crippen LogP) is 3.58. The fourth-order valence-corrected chi connectivity index (χ4v) is 2.71. The van der Waals surface area contributed by atoms with Gasteiger partial charge in [0.15, 0.2) is 5.78 Å². The second kappa shape index (κ2) is 5.81. The lowest BCUT2D eigenvalue weighted by Gasteiger charge is -2.29. The number of ether oxygens (including phenoxy) is 1. The third-order valence-corrected chi connectivity index (χ3v) is 3.93. The van der Waals surface area contributed by atoms with Crippen LogP contribution in [0.15, 0.2) is 42.5 Å². The summed E-state index contributed by atoms with van der Waals surface area (Å²) in [7, 11) is 1.58. The number of halogens is 1. The van der Waals surface area contributed by atoms with Crippen molar-refractivity contribution in [3.63, 3.8) is 0 Å². The lowest BCUT2D eigenvalue weighted by atomic mass is 9.99. The smallest absolute Gasteiger partial charge is 0.258 e. The van der Waals surface area contributed by atoms with Gasteiger partial charge in [-0.15, -0.1) is 0 Å². The summed E-state index contributed by atoms with van der Waals surface area (Å²) in [5, 5.41) is 0.492. The minimum atomic E-state index is -0.140. The first kappa shape index (κ1) is 14.6. The van der Waals surface area contributed by atoms with Crippen LogP contribution in [0, 0.1) is 0 Å². The highest BCUT2D eigenvalue weighted by atomic mass is 35.5. The molecular formula is C17H14ClNO3. The van der Waals surface area contributed by atoms with Crippen LogP contribution in [0.5, 0.6) is 5.75 Å². The number of ketones is 1. The molecule has 5 heteroatoms. The second-order valence-corrected chi connectivity index (χ2v) is 5.46. The molecule has 1 aliphatic rings. The average molecular weight is 316 g/mol. The van der Waals surface area contributed by atoms with Crippen molar-refractivity contribution >= 4 is 29.0 Å². The van der Waals surface area contributed by atoms with Crippen LogP contribution in [0.25, 0.3) is 0 Å². The van der Waals surface area contributed by atoms with Crippen molar-refractivity contribution in [1.82, 2.24) is 0 Å². The van der Waals surface area contributed by atoms with Crippen LogP contribution in [-0.2, 0) is 0 Å². The molecule has 0 radical (unpaired) electrons. The summed E-state index contributed by atoms with van der Waals surface area (Å²) in [6.07, 6.45) is 0.301. The Labute approximate surface area is 133 Å². The number of hydrogen-bond acceptors (Lipinski definition) is 3. The Kier molecular flexibility index (Phi) is 3.86. The van der Waals surface area contributed by atoms with Gasteiger partial charge in [-0.1, -0.05) is 11.6 Å². The molecule has 3 rings (SSSR count). The predicted molar refractivity (Wildman–Crippen MR) is 85.1 cm³/mol. The number of nitrogens with zero attached hydrogens (tertiary/aromatic N) is 1. The Morgan fingerprint density at radius 2 is 1.91 bits per heavy atom. The molecule has 1 heterocycles. The second-order valence-electron chi connectivity index (χ2n) is 5.02. The molecule has 0 fully saturated rings. The SMILES string of the molecule is COc1ccc(C(=O)N2CCC(=O)c3cc(Cl)ccc32)cc1. The van der Waals surface area contributed by atoms with E-state index in [1.165, 1.54) is 0 Å². The molecule has 0 saturated carbocycles. The Bertz CT molecular complexity index is 740. The van der Waals surface area contributed by atoms with Gasteiger partial charge < -0.3 is 9.64 Å². The highest BCUT2D eigenvalue weighted by molar-refractivity contribution is 6.31. The summed E-state index contributed by atoms with van der Waals surface area (Å²) in [5.41, 5.74) is 1.66. The zero-order valence-electron chi connectivity index (χ0n) is 12.0. The van der Waals surface area contributed by atoms with Gasteiger partial charge in [0.2, 0.25) is 0 Å². The molecule has 22 heavy (non-hydrogen) atoms. The van der Waals surface area contributed by atoms with Gasteiger partial charge in [-0.05, 0) is 42.5 Å². The summed E-state index contributed by atoms with van der Waals surface area (Å²) in [5.74, 6) is 0.563. The van der Waals surface area contributed by atoms with Crippen molar-refractivity contribution in [2.45, 2.75) is 6.42 Å². The zero-order valence-corrected chi connectivity index (χ0v) is 12.8. The largest absolute Gasteiger partial charge is 0.497 e. The first-order valence-electron chi connectivity index (χ1n) is 6.89. The van der Waals surface area contributed by atoms with E-state index in [1.54, 1.807) is 54.5 Å². The zero-order chi connectivity index (χ0) is 15.7. The highest BCUT2D eigenvalue weighted by Crippen LogP contribution is 2.30. The van der Waals surface area contributed by atoms with E-state index in [0.717, 1.165) is 0 Å². The van der Waals surface area contributed by atoms with Crippen molar-refractivity contribution in [2.75, 3.05) is 18.6 Å². The molecule has 2 aromatic carbocycles. The van der Waals surface area contributed by atoms with Gasteiger partial charge in [0.05, 0.1) is 12.8 Å². The molecular weight excluding hydrogens is 302 g/mol. The number of hydrogen-bond donors (Lipinski definition) is 0. The maximum absolute atomic E-state index is 12.7. The molecule has 0 spiro atoms. The summed E-state index contributed by atoms with van der Waals surface area (Å²) in [6.45, 7) is 0.373. The van der Waals surface area contributed by atoms with E-state index in [4.69, 9.17) is 16.3 Å². The number of carbonyl (C=O) groups excluding carboxylic acids is 2. The number of carbonyl (C=O) groups is 2. The Balaban J connectivity index is 1.96. The van der Waals surface area contributed by atoms with Crippen molar-refractivity contribution in [3.05, 3.63) is 58.6 Å². The molecule has 0 atom stereocenters. The Morgan fingerprint density at radius 3 is 2.59 bits per heavy atom. The van der Waals surface area contributed by atoms with E-state index < -0.39 is 0 Å². The van der Waals surface area contributed by atoms with Gasteiger partial charge in [0.1, 0.15) is 5.75 Å². The van der Waals surface area contributed by atoms with Crippen molar-refractivity contribution < 1.29 is 14.3 Å². The fraction of sp³-hybridized carbons (Fsp3) is 0.176. The number of Topliss-reactive ketones (excluding diaryl/α,β-unsaturated/α-hetero) is 1. The molecule has 0 unspecified atom stereocenters. The Morgan fingerprint density at radius 1 is 1.18 bits per heavy atom. The van der Waals surface area contributed by atoms with E-state index in [1.807, 2.05) is 0 Å². The van der Waals surface area contributed by atoms with Crippen LogP contribution in [0.2, 0.25) is 5.02 Å². The summed E-state index contributed by atoms with van der Waals surface area (Å²) >= 11 is 5.95. The third-order valence-electron chi connectivity index (χ3n) is 3.69. The molecule has 0 bridgehead atoms. The van der Waals surface area contributed by atoms with E-state index >= 15 is 0 Å². The van der Waals surface area contributed by atoms with E-state index in [-0.39, 0.29) is 11.7 Å². The molecule has 1 amide bonds. The van der Waals surface area contributed by atoms with Gasteiger partial charge >= 0.3 is 0 Å². The molecule has 2 aromatic rings. The quantitative estimate of drug-likeness (QED) is 0.851. The van der Waals surface area contributed by atoms with Gasteiger partial charge in [0, 0.05) is 29.1 Å². The highest BCUT2D eigenvalue weighted by Gasteiger charge is 2.28. The first-order chi connectivity index (χ1) is 10.6. The topological polar surface area (TPSA) is 46.6 Å².